The monoisotopic (exact) mass is 223 g/mol. The fraction of sp³-hybridized carbons (Fsp3) is 0.538. The van der Waals surface area contributed by atoms with Gasteiger partial charge in [0.05, 0.1) is 6.61 Å². The maximum atomic E-state index is 5.54. The Bertz CT molecular complexity index is 264. The molecule has 16 heavy (non-hydrogen) atoms. The minimum Gasteiger partial charge on any atom is -0.491 e. The van der Waals surface area contributed by atoms with Gasteiger partial charge in [0.25, 0.3) is 0 Å². The minimum atomic E-state index is 0.600. The fourth-order valence-electron chi connectivity index (χ4n) is 1.40. The highest BCUT2D eigenvalue weighted by atomic mass is 16.5. The van der Waals surface area contributed by atoms with E-state index in [0.29, 0.717) is 13.2 Å². The minimum absolute atomic E-state index is 0.600. The van der Waals surface area contributed by atoms with Crippen LogP contribution in [0.5, 0.6) is 5.75 Å². The largest absolute Gasteiger partial charge is 0.491 e. The summed E-state index contributed by atoms with van der Waals surface area (Å²) in [7, 11) is 1.68. The standard InChI is InChI=1S/C13H21NO2/c1-3-7-14-11-12-5-4-6-13(10-12)16-9-8-15-2/h4-6,10,14H,3,7-9,11H2,1-2H3. The molecule has 0 radical (unpaired) electrons. The third kappa shape index (κ3) is 5.14. The van der Waals surface area contributed by atoms with E-state index in [1.165, 1.54) is 5.56 Å². The first kappa shape index (κ1) is 13.0. The van der Waals surface area contributed by atoms with Crippen molar-refractivity contribution in [2.45, 2.75) is 19.9 Å². The molecule has 0 aliphatic heterocycles. The lowest BCUT2D eigenvalue weighted by molar-refractivity contribution is 0.146. The molecule has 0 atom stereocenters. The summed E-state index contributed by atoms with van der Waals surface area (Å²) in [6.45, 7) is 5.34. The van der Waals surface area contributed by atoms with Gasteiger partial charge in [0, 0.05) is 13.7 Å². The van der Waals surface area contributed by atoms with Gasteiger partial charge in [-0.15, -0.1) is 0 Å². The van der Waals surface area contributed by atoms with Crippen LogP contribution in [0.4, 0.5) is 0 Å². The highest BCUT2D eigenvalue weighted by molar-refractivity contribution is 5.28. The number of methoxy groups -OCH3 is 1. The first-order valence-electron chi connectivity index (χ1n) is 5.78. The Hall–Kier alpha value is -1.06. The molecule has 0 spiro atoms. The van der Waals surface area contributed by atoms with E-state index >= 15 is 0 Å². The summed E-state index contributed by atoms with van der Waals surface area (Å²) in [4.78, 5) is 0. The van der Waals surface area contributed by atoms with Gasteiger partial charge in [-0.3, -0.25) is 0 Å². The van der Waals surface area contributed by atoms with Gasteiger partial charge in [-0.1, -0.05) is 19.1 Å². The van der Waals surface area contributed by atoms with Gasteiger partial charge in [0.1, 0.15) is 12.4 Å². The van der Waals surface area contributed by atoms with E-state index in [-0.39, 0.29) is 0 Å². The SMILES string of the molecule is CCCNCc1cccc(OCCOC)c1. The second-order valence-corrected chi connectivity index (χ2v) is 3.67. The zero-order chi connectivity index (χ0) is 11.6. The van der Waals surface area contributed by atoms with Crippen LogP contribution < -0.4 is 10.1 Å². The van der Waals surface area contributed by atoms with Gasteiger partial charge in [-0.2, -0.15) is 0 Å². The number of hydrogen-bond acceptors (Lipinski definition) is 3. The van der Waals surface area contributed by atoms with Crippen LogP contribution >= 0.6 is 0 Å². The van der Waals surface area contributed by atoms with Crippen LogP contribution in [0.1, 0.15) is 18.9 Å². The van der Waals surface area contributed by atoms with Crippen LogP contribution in [-0.2, 0) is 11.3 Å². The van der Waals surface area contributed by atoms with Gasteiger partial charge in [-0.25, -0.2) is 0 Å². The van der Waals surface area contributed by atoms with Crippen LogP contribution in [-0.4, -0.2) is 26.9 Å². The van der Waals surface area contributed by atoms with Crippen molar-refractivity contribution in [3.8, 4) is 5.75 Å². The number of benzene rings is 1. The van der Waals surface area contributed by atoms with Crippen LogP contribution in [0.2, 0.25) is 0 Å². The third-order valence-electron chi connectivity index (χ3n) is 2.21. The molecule has 1 aromatic rings. The van der Waals surface area contributed by atoms with Crippen LogP contribution in [0.15, 0.2) is 24.3 Å². The predicted molar refractivity (Wildman–Crippen MR) is 65.8 cm³/mol. The number of hydrogen-bond donors (Lipinski definition) is 1. The van der Waals surface area contributed by atoms with Gasteiger partial charge < -0.3 is 14.8 Å². The average Bonchev–Trinajstić information content (AvgIpc) is 2.30. The van der Waals surface area contributed by atoms with Gasteiger partial charge in [0.2, 0.25) is 0 Å². The molecule has 0 aromatic heterocycles. The van der Waals surface area contributed by atoms with E-state index < -0.39 is 0 Å². The summed E-state index contributed by atoms with van der Waals surface area (Å²) in [5.41, 5.74) is 1.25. The van der Waals surface area contributed by atoms with Crippen molar-refractivity contribution in [2.24, 2.45) is 0 Å². The van der Waals surface area contributed by atoms with Crippen molar-refractivity contribution >= 4 is 0 Å². The van der Waals surface area contributed by atoms with Crippen LogP contribution in [0, 0.1) is 0 Å². The van der Waals surface area contributed by atoms with Crippen molar-refractivity contribution in [1.82, 2.24) is 5.32 Å². The zero-order valence-corrected chi connectivity index (χ0v) is 10.2. The molecule has 0 heterocycles. The Kier molecular flexibility index (Phi) is 6.61. The van der Waals surface area contributed by atoms with E-state index in [9.17, 15) is 0 Å². The molecule has 0 saturated carbocycles. The zero-order valence-electron chi connectivity index (χ0n) is 10.2. The summed E-state index contributed by atoms with van der Waals surface area (Å²) >= 11 is 0. The van der Waals surface area contributed by atoms with E-state index in [1.807, 2.05) is 12.1 Å². The van der Waals surface area contributed by atoms with Crippen LogP contribution in [0.25, 0.3) is 0 Å². The second-order valence-electron chi connectivity index (χ2n) is 3.67. The summed E-state index contributed by atoms with van der Waals surface area (Å²) < 4.78 is 10.5. The Morgan fingerprint density at radius 2 is 2.12 bits per heavy atom. The molecule has 0 bridgehead atoms. The molecule has 0 saturated heterocycles. The Morgan fingerprint density at radius 3 is 2.88 bits per heavy atom. The molecule has 90 valence electrons. The smallest absolute Gasteiger partial charge is 0.119 e. The Labute approximate surface area is 97.8 Å². The normalized spacial score (nSPS) is 10.4. The molecular formula is C13H21NO2. The summed E-state index contributed by atoms with van der Waals surface area (Å²) in [5, 5.41) is 3.37. The quantitative estimate of drug-likeness (QED) is 0.685. The number of rotatable bonds is 8. The lowest BCUT2D eigenvalue weighted by Crippen LogP contribution is -2.13. The first-order valence-corrected chi connectivity index (χ1v) is 5.78. The molecule has 3 heteroatoms. The lowest BCUT2D eigenvalue weighted by atomic mass is 10.2. The van der Waals surface area contributed by atoms with Crippen LogP contribution in [0.3, 0.4) is 0 Å². The van der Waals surface area contributed by atoms with Crippen molar-refractivity contribution in [2.75, 3.05) is 26.9 Å². The summed E-state index contributed by atoms with van der Waals surface area (Å²) in [6.07, 6.45) is 1.16. The number of nitrogens with one attached hydrogen (secondary N) is 1. The van der Waals surface area contributed by atoms with Gasteiger partial charge in [-0.05, 0) is 30.7 Å². The highest BCUT2D eigenvalue weighted by Gasteiger charge is 1.96. The average molecular weight is 223 g/mol. The van der Waals surface area contributed by atoms with Gasteiger partial charge in [0.15, 0.2) is 0 Å². The molecule has 1 N–H and O–H groups in total. The maximum absolute atomic E-state index is 5.54. The van der Waals surface area contributed by atoms with Crippen molar-refractivity contribution in [1.29, 1.82) is 0 Å². The Morgan fingerprint density at radius 1 is 1.25 bits per heavy atom. The molecule has 1 rings (SSSR count). The maximum Gasteiger partial charge on any atom is 0.119 e. The van der Waals surface area contributed by atoms with Crippen molar-refractivity contribution < 1.29 is 9.47 Å². The van der Waals surface area contributed by atoms with E-state index in [2.05, 4.69) is 24.4 Å². The molecule has 0 unspecified atom stereocenters. The first-order chi connectivity index (χ1) is 7.86. The lowest BCUT2D eigenvalue weighted by Gasteiger charge is -2.08. The second kappa shape index (κ2) is 8.13. The fourth-order valence-corrected chi connectivity index (χ4v) is 1.40. The van der Waals surface area contributed by atoms with Crippen molar-refractivity contribution in [3.05, 3.63) is 29.8 Å². The summed E-state index contributed by atoms with van der Waals surface area (Å²) in [5.74, 6) is 0.910. The highest BCUT2D eigenvalue weighted by Crippen LogP contribution is 2.12. The number of ether oxygens (including phenoxy) is 2. The molecule has 0 aliphatic carbocycles. The van der Waals surface area contributed by atoms with E-state index in [1.54, 1.807) is 7.11 Å². The third-order valence-corrected chi connectivity index (χ3v) is 2.21. The molecule has 1 aromatic carbocycles. The van der Waals surface area contributed by atoms with Crippen molar-refractivity contribution in [3.63, 3.8) is 0 Å². The summed E-state index contributed by atoms with van der Waals surface area (Å²) in [6, 6.07) is 8.16. The van der Waals surface area contributed by atoms with E-state index in [0.717, 1.165) is 25.3 Å². The predicted octanol–water partition coefficient (Wildman–Crippen LogP) is 2.21. The molecule has 0 amide bonds. The van der Waals surface area contributed by atoms with Gasteiger partial charge >= 0.3 is 0 Å². The molecule has 0 fully saturated rings. The molecular weight excluding hydrogens is 202 g/mol. The molecule has 3 nitrogen and oxygen atoms in total. The topological polar surface area (TPSA) is 30.5 Å². The molecule has 0 aliphatic rings. The van der Waals surface area contributed by atoms with E-state index in [4.69, 9.17) is 9.47 Å². The Balaban J connectivity index is 2.37.